The van der Waals surface area contributed by atoms with Crippen LogP contribution in [0.15, 0.2) is 48.5 Å². The molecule has 0 aromatic heterocycles. The second kappa shape index (κ2) is 7.38. The van der Waals surface area contributed by atoms with E-state index in [1.807, 2.05) is 24.3 Å². The number of carbonyl (C=O) groups is 2. The molecule has 0 bridgehead atoms. The van der Waals surface area contributed by atoms with Crippen LogP contribution >= 0.6 is 0 Å². The first-order chi connectivity index (χ1) is 12.1. The molecule has 0 spiro atoms. The molecule has 5 nitrogen and oxygen atoms in total. The number of amides is 2. The third kappa shape index (κ3) is 4.38. The lowest BCUT2D eigenvalue weighted by atomic mass is 10.1. The van der Waals surface area contributed by atoms with E-state index in [1.165, 1.54) is 0 Å². The molecular weight excluding hydrogens is 316 g/mol. The summed E-state index contributed by atoms with van der Waals surface area (Å²) in [5, 5.41) is 2.87. The lowest BCUT2D eigenvalue weighted by Crippen LogP contribution is -2.26. The van der Waals surface area contributed by atoms with Gasteiger partial charge in [0.2, 0.25) is 5.91 Å². The van der Waals surface area contributed by atoms with Gasteiger partial charge in [0.05, 0.1) is 7.11 Å². The molecule has 130 valence electrons. The van der Waals surface area contributed by atoms with Crippen LogP contribution < -0.4 is 10.1 Å². The largest absolute Gasteiger partial charge is 0.497 e. The van der Waals surface area contributed by atoms with Gasteiger partial charge in [0, 0.05) is 30.8 Å². The van der Waals surface area contributed by atoms with Crippen molar-refractivity contribution < 1.29 is 14.3 Å². The summed E-state index contributed by atoms with van der Waals surface area (Å²) in [4.78, 5) is 26.0. The normalized spacial score (nSPS) is 13.2. The molecule has 0 heterocycles. The van der Waals surface area contributed by atoms with Crippen LogP contribution in [0.5, 0.6) is 5.75 Å². The van der Waals surface area contributed by atoms with E-state index in [9.17, 15) is 9.59 Å². The van der Waals surface area contributed by atoms with E-state index in [4.69, 9.17) is 4.74 Å². The van der Waals surface area contributed by atoms with Gasteiger partial charge in [0.15, 0.2) is 0 Å². The summed E-state index contributed by atoms with van der Waals surface area (Å²) in [6, 6.07) is 14.7. The zero-order valence-corrected chi connectivity index (χ0v) is 14.5. The van der Waals surface area contributed by atoms with Crippen molar-refractivity contribution in [3.8, 4) is 5.75 Å². The van der Waals surface area contributed by atoms with Gasteiger partial charge >= 0.3 is 0 Å². The third-order valence-corrected chi connectivity index (χ3v) is 4.27. The van der Waals surface area contributed by atoms with Crippen molar-refractivity contribution in [3.63, 3.8) is 0 Å². The quantitative estimate of drug-likeness (QED) is 0.879. The molecule has 3 rings (SSSR count). The number of ether oxygens (including phenoxy) is 1. The van der Waals surface area contributed by atoms with Crippen molar-refractivity contribution >= 4 is 17.5 Å². The van der Waals surface area contributed by atoms with Crippen LogP contribution in [0.4, 0.5) is 5.69 Å². The molecule has 25 heavy (non-hydrogen) atoms. The Labute approximate surface area is 147 Å². The highest BCUT2D eigenvalue weighted by Gasteiger charge is 2.29. The standard InChI is InChI=1S/C20H22N2O3/c1-22(13-14-3-11-18(25-2)12-4-14)20(24)16-7-9-17(10-8-16)21-19(23)15-5-6-15/h3-4,7-12,15H,5-6,13H2,1-2H3,(H,21,23). The summed E-state index contributed by atoms with van der Waals surface area (Å²) in [6.07, 6.45) is 1.94. The van der Waals surface area contributed by atoms with E-state index >= 15 is 0 Å². The molecule has 0 aliphatic heterocycles. The minimum atomic E-state index is -0.0594. The molecule has 0 saturated heterocycles. The van der Waals surface area contributed by atoms with Gasteiger partial charge in [-0.15, -0.1) is 0 Å². The number of methoxy groups -OCH3 is 1. The Morgan fingerprint density at radius 3 is 2.28 bits per heavy atom. The Morgan fingerprint density at radius 1 is 1.08 bits per heavy atom. The summed E-state index contributed by atoms with van der Waals surface area (Å²) in [7, 11) is 3.40. The van der Waals surface area contributed by atoms with Gasteiger partial charge in [-0.3, -0.25) is 9.59 Å². The van der Waals surface area contributed by atoms with Crippen LogP contribution in [0.2, 0.25) is 0 Å². The van der Waals surface area contributed by atoms with E-state index in [0.29, 0.717) is 12.1 Å². The molecule has 1 aliphatic carbocycles. The van der Waals surface area contributed by atoms with Gasteiger partial charge in [-0.1, -0.05) is 12.1 Å². The fourth-order valence-corrected chi connectivity index (χ4v) is 2.58. The first-order valence-corrected chi connectivity index (χ1v) is 8.36. The monoisotopic (exact) mass is 338 g/mol. The Morgan fingerprint density at radius 2 is 1.72 bits per heavy atom. The van der Waals surface area contributed by atoms with Crippen molar-refractivity contribution in [2.24, 2.45) is 5.92 Å². The van der Waals surface area contributed by atoms with Gasteiger partial charge < -0.3 is 15.0 Å². The Hall–Kier alpha value is -2.82. The smallest absolute Gasteiger partial charge is 0.253 e. The lowest BCUT2D eigenvalue weighted by Gasteiger charge is -2.18. The van der Waals surface area contributed by atoms with Gasteiger partial charge in [0.25, 0.3) is 5.91 Å². The van der Waals surface area contributed by atoms with Gasteiger partial charge in [-0.25, -0.2) is 0 Å². The zero-order valence-electron chi connectivity index (χ0n) is 14.5. The Kier molecular flexibility index (Phi) is 5.03. The fraction of sp³-hybridized carbons (Fsp3) is 0.300. The minimum absolute atomic E-state index is 0.0594. The van der Waals surface area contributed by atoms with E-state index in [0.717, 1.165) is 29.8 Å². The summed E-state index contributed by atoms with van der Waals surface area (Å²) in [6.45, 7) is 0.517. The van der Waals surface area contributed by atoms with Crippen LogP contribution in [0.1, 0.15) is 28.8 Å². The molecular formula is C20H22N2O3. The van der Waals surface area contributed by atoms with Crippen molar-refractivity contribution in [1.82, 2.24) is 4.90 Å². The molecule has 1 aliphatic rings. The summed E-state index contributed by atoms with van der Waals surface area (Å²) < 4.78 is 5.14. The second-order valence-electron chi connectivity index (χ2n) is 6.35. The third-order valence-electron chi connectivity index (χ3n) is 4.27. The molecule has 0 unspecified atom stereocenters. The maximum absolute atomic E-state index is 12.5. The van der Waals surface area contributed by atoms with Crippen molar-refractivity contribution in [2.45, 2.75) is 19.4 Å². The number of benzene rings is 2. The second-order valence-corrected chi connectivity index (χ2v) is 6.35. The fourth-order valence-electron chi connectivity index (χ4n) is 2.58. The first kappa shape index (κ1) is 17.0. The maximum Gasteiger partial charge on any atom is 0.253 e. The van der Waals surface area contributed by atoms with Crippen molar-refractivity contribution in [1.29, 1.82) is 0 Å². The lowest BCUT2D eigenvalue weighted by molar-refractivity contribution is -0.117. The number of hydrogen-bond donors (Lipinski definition) is 1. The number of hydrogen-bond acceptors (Lipinski definition) is 3. The molecule has 2 aromatic carbocycles. The van der Waals surface area contributed by atoms with Crippen LogP contribution in [0.3, 0.4) is 0 Å². The van der Waals surface area contributed by atoms with Gasteiger partial charge in [0.1, 0.15) is 5.75 Å². The summed E-state index contributed by atoms with van der Waals surface area (Å²) in [5.41, 5.74) is 2.36. The van der Waals surface area contributed by atoms with Crippen molar-refractivity contribution in [2.75, 3.05) is 19.5 Å². The number of anilines is 1. The Bertz CT molecular complexity index is 750. The van der Waals surface area contributed by atoms with E-state index in [2.05, 4.69) is 5.32 Å². The predicted molar refractivity (Wildman–Crippen MR) is 96.6 cm³/mol. The number of carbonyl (C=O) groups excluding carboxylic acids is 2. The molecule has 5 heteroatoms. The average Bonchev–Trinajstić information content (AvgIpc) is 3.47. The van der Waals surface area contributed by atoms with E-state index in [-0.39, 0.29) is 17.7 Å². The molecule has 0 atom stereocenters. The van der Waals surface area contributed by atoms with Crippen LogP contribution in [0.25, 0.3) is 0 Å². The topological polar surface area (TPSA) is 58.6 Å². The Balaban J connectivity index is 1.59. The molecule has 1 saturated carbocycles. The zero-order chi connectivity index (χ0) is 17.8. The predicted octanol–water partition coefficient (Wildman–Crippen LogP) is 3.32. The average molecular weight is 338 g/mol. The highest BCUT2D eigenvalue weighted by atomic mass is 16.5. The van der Waals surface area contributed by atoms with Crippen LogP contribution in [-0.4, -0.2) is 30.9 Å². The number of rotatable bonds is 6. The maximum atomic E-state index is 12.5. The molecule has 0 radical (unpaired) electrons. The molecule has 1 fully saturated rings. The van der Waals surface area contributed by atoms with Crippen molar-refractivity contribution in [3.05, 3.63) is 59.7 Å². The number of nitrogens with one attached hydrogen (secondary N) is 1. The summed E-state index contributed by atoms with van der Waals surface area (Å²) in [5.74, 6) is 0.963. The molecule has 2 amide bonds. The summed E-state index contributed by atoms with van der Waals surface area (Å²) >= 11 is 0. The van der Waals surface area contributed by atoms with Crippen LogP contribution in [0, 0.1) is 5.92 Å². The highest BCUT2D eigenvalue weighted by molar-refractivity contribution is 5.96. The number of nitrogens with zero attached hydrogens (tertiary/aromatic N) is 1. The SMILES string of the molecule is COc1ccc(CN(C)C(=O)c2ccc(NC(=O)C3CC3)cc2)cc1. The molecule has 2 aromatic rings. The molecule has 1 N–H and O–H groups in total. The highest BCUT2D eigenvalue weighted by Crippen LogP contribution is 2.30. The van der Waals surface area contributed by atoms with Gasteiger partial charge in [-0.05, 0) is 54.8 Å². The van der Waals surface area contributed by atoms with Gasteiger partial charge in [-0.2, -0.15) is 0 Å². The minimum Gasteiger partial charge on any atom is -0.497 e. The first-order valence-electron chi connectivity index (χ1n) is 8.36. The van der Waals surface area contributed by atoms with E-state index < -0.39 is 0 Å². The van der Waals surface area contributed by atoms with Crippen LogP contribution in [-0.2, 0) is 11.3 Å². The van der Waals surface area contributed by atoms with E-state index in [1.54, 1.807) is 43.3 Å².